The summed E-state index contributed by atoms with van der Waals surface area (Å²) >= 11 is 0. The van der Waals surface area contributed by atoms with Gasteiger partial charge in [0.2, 0.25) is 5.91 Å². The van der Waals surface area contributed by atoms with E-state index in [1.807, 2.05) is 0 Å². The summed E-state index contributed by atoms with van der Waals surface area (Å²) < 4.78 is 0. The van der Waals surface area contributed by atoms with Crippen LogP contribution in [0.15, 0.2) is 18.2 Å². The zero-order valence-electron chi connectivity index (χ0n) is 10.9. The minimum atomic E-state index is -0.310. The summed E-state index contributed by atoms with van der Waals surface area (Å²) in [5.41, 5.74) is 3.77. The van der Waals surface area contributed by atoms with Gasteiger partial charge in [0.1, 0.15) is 0 Å². The van der Waals surface area contributed by atoms with Crippen LogP contribution in [0, 0.1) is 0 Å². The van der Waals surface area contributed by atoms with Gasteiger partial charge in [-0.1, -0.05) is 18.2 Å². The van der Waals surface area contributed by atoms with E-state index in [1.165, 1.54) is 41.0 Å². The van der Waals surface area contributed by atoms with E-state index in [0.29, 0.717) is 0 Å². The Morgan fingerprint density at radius 1 is 1.22 bits per heavy atom. The number of carbonyl (C=O) groups is 1. The zero-order chi connectivity index (χ0) is 12.8. The van der Waals surface area contributed by atoms with Crippen molar-refractivity contribution in [1.82, 2.24) is 5.01 Å². The van der Waals surface area contributed by atoms with E-state index in [-0.39, 0.29) is 11.3 Å². The number of amides is 1. The molecular formula is C15H20N2O. The van der Waals surface area contributed by atoms with E-state index in [4.69, 9.17) is 5.84 Å². The van der Waals surface area contributed by atoms with Gasteiger partial charge in [-0.3, -0.25) is 9.80 Å². The number of likely N-dealkylation sites (N-methyl/N-ethyl adjacent to an activating group) is 1. The number of hydrogen-bond donors (Lipinski definition) is 1. The maximum absolute atomic E-state index is 12.2. The van der Waals surface area contributed by atoms with Crippen LogP contribution in [0.3, 0.4) is 0 Å². The smallest absolute Gasteiger partial charge is 0.246 e. The fraction of sp³-hybridized carbons (Fsp3) is 0.533. The van der Waals surface area contributed by atoms with E-state index in [0.717, 1.165) is 19.3 Å². The van der Waals surface area contributed by atoms with Crippen LogP contribution in [0.5, 0.6) is 0 Å². The summed E-state index contributed by atoms with van der Waals surface area (Å²) in [6.07, 6.45) is 6.79. The normalized spacial score (nSPS) is 20.1. The highest BCUT2D eigenvalue weighted by atomic mass is 16.2. The lowest BCUT2D eigenvalue weighted by molar-refractivity contribution is -0.132. The molecule has 3 rings (SSSR count). The molecule has 1 amide bonds. The lowest BCUT2D eigenvalue weighted by atomic mass is 9.86. The molecule has 2 aliphatic rings. The molecule has 1 saturated carbocycles. The van der Waals surface area contributed by atoms with Gasteiger partial charge in [0.15, 0.2) is 0 Å². The first-order valence-electron chi connectivity index (χ1n) is 6.79. The molecule has 0 unspecified atom stereocenters. The fourth-order valence-corrected chi connectivity index (χ4v) is 3.12. The number of hydrogen-bond acceptors (Lipinski definition) is 2. The SMILES string of the molecule is CN(N)C(=O)C1(c2ccc3c(c2)CCCC3)CC1. The molecule has 1 aromatic rings. The molecule has 18 heavy (non-hydrogen) atoms. The van der Waals surface area contributed by atoms with Crippen molar-refractivity contribution in [2.75, 3.05) is 7.05 Å². The van der Waals surface area contributed by atoms with Gasteiger partial charge in [-0.2, -0.15) is 0 Å². The van der Waals surface area contributed by atoms with Gasteiger partial charge in [-0.15, -0.1) is 0 Å². The maximum atomic E-state index is 12.2. The van der Waals surface area contributed by atoms with Gasteiger partial charge in [0.05, 0.1) is 5.41 Å². The Hall–Kier alpha value is -1.35. The molecule has 0 radical (unpaired) electrons. The third-order valence-electron chi connectivity index (χ3n) is 4.38. The van der Waals surface area contributed by atoms with Gasteiger partial charge in [-0.05, 0) is 55.2 Å². The predicted octanol–water partition coefficient (Wildman–Crippen LogP) is 1.93. The van der Waals surface area contributed by atoms with E-state index in [1.54, 1.807) is 7.05 Å². The van der Waals surface area contributed by atoms with Crippen molar-refractivity contribution in [2.24, 2.45) is 5.84 Å². The lowest BCUT2D eigenvalue weighted by Gasteiger charge is -2.22. The first-order chi connectivity index (χ1) is 8.63. The van der Waals surface area contributed by atoms with E-state index < -0.39 is 0 Å². The number of benzene rings is 1. The van der Waals surface area contributed by atoms with E-state index in [9.17, 15) is 4.79 Å². The molecule has 0 heterocycles. The molecule has 0 saturated heterocycles. The van der Waals surface area contributed by atoms with Gasteiger partial charge in [-0.25, -0.2) is 5.84 Å². The fourth-order valence-electron chi connectivity index (χ4n) is 3.12. The van der Waals surface area contributed by atoms with Gasteiger partial charge >= 0.3 is 0 Å². The van der Waals surface area contributed by atoms with Crippen molar-refractivity contribution in [3.8, 4) is 0 Å². The van der Waals surface area contributed by atoms with Crippen molar-refractivity contribution < 1.29 is 4.79 Å². The molecule has 3 nitrogen and oxygen atoms in total. The second-order valence-corrected chi connectivity index (χ2v) is 5.69. The first kappa shape index (κ1) is 11.7. The molecule has 0 aromatic heterocycles. The number of nitrogens with two attached hydrogens (primary N) is 1. The minimum Gasteiger partial charge on any atom is -0.283 e. The molecule has 1 aromatic carbocycles. The lowest BCUT2D eigenvalue weighted by Crippen LogP contribution is -2.41. The number of hydrazine groups is 1. The van der Waals surface area contributed by atoms with Crippen LogP contribution in [0.2, 0.25) is 0 Å². The Morgan fingerprint density at radius 3 is 2.50 bits per heavy atom. The summed E-state index contributed by atoms with van der Waals surface area (Å²) in [5, 5.41) is 1.24. The minimum absolute atomic E-state index is 0.0539. The molecule has 1 fully saturated rings. The molecule has 0 spiro atoms. The van der Waals surface area contributed by atoms with E-state index in [2.05, 4.69) is 18.2 Å². The van der Waals surface area contributed by atoms with Crippen LogP contribution in [0.4, 0.5) is 0 Å². The number of nitrogens with zero attached hydrogens (tertiary/aromatic N) is 1. The largest absolute Gasteiger partial charge is 0.283 e. The van der Waals surface area contributed by atoms with Crippen molar-refractivity contribution in [3.63, 3.8) is 0 Å². The summed E-state index contributed by atoms with van der Waals surface area (Å²) in [7, 11) is 1.64. The number of rotatable bonds is 2. The molecule has 0 atom stereocenters. The molecular weight excluding hydrogens is 224 g/mol. The summed E-state index contributed by atoms with van der Waals surface area (Å²) in [6, 6.07) is 6.61. The Balaban J connectivity index is 1.95. The van der Waals surface area contributed by atoms with Crippen molar-refractivity contribution >= 4 is 5.91 Å². The third kappa shape index (κ3) is 1.74. The second-order valence-electron chi connectivity index (χ2n) is 5.69. The average molecular weight is 244 g/mol. The number of fused-ring (bicyclic) bond motifs is 1. The Kier molecular flexibility index (Phi) is 2.67. The van der Waals surface area contributed by atoms with Crippen molar-refractivity contribution in [1.29, 1.82) is 0 Å². The van der Waals surface area contributed by atoms with Crippen LogP contribution < -0.4 is 5.84 Å². The molecule has 3 heteroatoms. The molecule has 0 aliphatic heterocycles. The maximum Gasteiger partial charge on any atom is 0.246 e. The van der Waals surface area contributed by atoms with Gasteiger partial charge < -0.3 is 0 Å². The van der Waals surface area contributed by atoms with E-state index >= 15 is 0 Å². The Bertz CT molecular complexity index is 489. The van der Waals surface area contributed by atoms with Crippen LogP contribution >= 0.6 is 0 Å². The second kappa shape index (κ2) is 4.09. The highest BCUT2D eigenvalue weighted by Gasteiger charge is 2.52. The highest BCUT2D eigenvalue weighted by molar-refractivity contribution is 5.90. The molecule has 96 valence electrons. The Morgan fingerprint density at radius 2 is 1.89 bits per heavy atom. The van der Waals surface area contributed by atoms with Crippen molar-refractivity contribution in [3.05, 3.63) is 34.9 Å². The first-order valence-corrected chi connectivity index (χ1v) is 6.79. The van der Waals surface area contributed by atoms with Crippen molar-refractivity contribution in [2.45, 2.75) is 43.9 Å². The summed E-state index contributed by atoms with van der Waals surface area (Å²) in [6.45, 7) is 0. The molecule has 0 bridgehead atoms. The van der Waals surface area contributed by atoms with Gasteiger partial charge in [0.25, 0.3) is 0 Å². The zero-order valence-corrected chi connectivity index (χ0v) is 10.9. The quantitative estimate of drug-likeness (QED) is 0.491. The highest BCUT2D eigenvalue weighted by Crippen LogP contribution is 2.49. The molecule has 2 N–H and O–H groups in total. The monoisotopic (exact) mass is 244 g/mol. The number of aryl methyl sites for hydroxylation is 2. The Labute approximate surface area is 108 Å². The van der Waals surface area contributed by atoms with Crippen LogP contribution in [-0.2, 0) is 23.1 Å². The molecule has 2 aliphatic carbocycles. The van der Waals surface area contributed by atoms with Crippen LogP contribution in [0.25, 0.3) is 0 Å². The summed E-state index contributed by atoms with van der Waals surface area (Å²) in [5.74, 6) is 5.67. The van der Waals surface area contributed by atoms with Crippen LogP contribution in [0.1, 0.15) is 42.4 Å². The van der Waals surface area contributed by atoms with Gasteiger partial charge in [0, 0.05) is 7.05 Å². The standard InChI is InChI=1S/C15H20N2O/c1-17(16)14(18)15(8-9-15)13-7-6-11-4-2-3-5-12(11)10-13/h6-7,10H,2-5,8-9,16H2,1H3. The summed E-state index contributed by atoms with van der Waals surface area (Å²) in [4.78, 5) is 12.2. The van der Waals surface area contributed by atoms with Crippen LogP contribution in [-0.4, -0.2) is 18.0 Å². The topological polar surface area (TPSA) is 46.3 Å². The average Bonchev–Trinajstić information content (AvgIpc) is 3.18. The third-order valence-corrected chi connectivity index (χ3v) is 4.38. The predicted molar refractivity (Wildman–Crippen MR) is 71.0 cm³/mol. The number of carbonyl (C=O) groups excluding carboxylic acids is 1.